The molecule has 1 unspecified atom stereocenters. The molecule has 0 amide bonds. The Hall–Kier alpha value is -1.48. The first-order chi connectivity index (χ1) is 20.1. The summed E-state index contributed by atoms with van der Waals surface area (Å²) >= 11 is 0. The summed E-state index contributed by atoms with van der Waals surface area (Å²) in [6.07, 6.45) is 1.95. The molecule has 1 aromatic carbocycles. The Labute approximate surface area is 253 Å². The molecule has 3 aliphatic carbocycles. The van der Waals surface area contributed by atoms with Crippen molar-refractivity contribution in [1.29, 1.82) is 0 Å². The number of alkyl halides is 6. The van der Waals surface area contributed by atoms with Crippen LogP contribution in [0.3, 0.4) is 0 Å². The minimum Gasteiger partial charge on any atom is -0.508 e. The molecule has 0 radical (unpaired) electrons. The minimum atomic E-state index is -5.46. The van der Waals surface area contributed by atoms with E-state index in [-0.39, 0.29) is 29.9 Å². The Bertz CT molecular complexity index is 1060. The lowest BCUT2D eigenvalue weighted by Crippen LogP contribution is -2.54. The van der Waals surface area contributed by atoms with Crippen molar-refractivity contribution >= 4 is 0 Å². The average Bonchev–Trinajstić information content (AvgIpc) is 3.14. The molecule has 4 rings (SSSR count). The van der Waals surface area contributed by atoms with Gasteiger partial charge in [0, 0.05) is 17.8 Å². The van der Waals surface area contributed by atoms with E-state index in [2.05, 4.69) is 18.9 Å². The van der Waals surface area contributed by atoms with Crippen molar-refractivity contribution in [1.82, 2.24) is 4.90 Å². The second-order valence-corrected chi connectivity index (χ2v) is 14.4. The van der Waals surface area contributed by atoms with Crippen LogP contribution in [0.4, 0.5) is 26.3 Å². The number of aliphatic hydroxyl groups is 1. The van der Waals surface area contributed by atoms with Crippen molar-refractivity contribution in [2.45, 2.75) is 134 Å². The van der Waals surface area contributed by atoms with Crippen LogP contribution in [0.25, 0.3) is 0 Å². The number of halogens is 6. The van der Waals surface area contributed by atoms with E-state index in [4.69, 9.17) is 0 Å². The number of nitrogens with zero attached hydrogens (tertiary/aromatic N) is 1. The van der Waals surface area contributed by atoms with Crippen LogP contribution in [-0.4, -0.2) is 59.1 Å². The van der Waals surface area contributed by atoms with Gasteiger partial charge in [0.15, 0.2) is 0 Å². The van der Waals surface area contributed by atoms with Crippen LogP contribution >= 0.6 is 0 Å². The molecule has 0 spiro atoms. The monoisotopic (exact) mass is 619 g/mol. The van der Waals surface area contributed by atoms with Gasteiger partial charge in [0.1, 0.15) is 11.9 Å². The fraction of sp³-hybridized carbons (Fsp3) is 0.824. The third kappa shape index (κ3) is 7.50. The summed E-state index contributed by atoms with van der Waals surface area (Å²) in [5.74, 6) is -3.79. The number of unbranched alkanes of at least 4 members (excludes halogenated alkanes) is 6. The van der Waals surface area contributed by atoms with Gasteiger partial charge in [0.2, 0.25) is 0 Å². The Balaban J connectivity index is 1.21. The highest BCUT2D eigenvalue weighted by molar-refractivity contribution is 5.41. The number of hydrogen-bond acceptors (Lipinski definition) is 3. The third-order valence-electron chi connectivity index (χ3n) is 11.5. The molecule has 2 N–H and O–H groups in total. The number of phenols is 1. The highest BCUT2D eigenvalue weighted by atomic mass is 19.4. The molecule has 3 aliphatic rings. The van der Waals surface area contributed by atoms with Crippen molar-refractivity contribution in [3.63, 3.8) is 0 Å². The smallest absolute Gasteiger partial charge is 0.453 e. The van der Waals surface area contributed by atoms with Gasteiger partial charge in [-0.05, 0) is 119 Å². The number of hydrogen-bond donors (Lipinski definition) is 2. The fourth-order valence-corrected chi connectivity index (χ4v) is 8.76. The maximum atomic E-state index is 16.1. The van der Waals surface area contributed by atoms with Crippen LogP contribution in [-0.2, 0) is 6.42 Å². The van der Waals surface area contributed by atoms with E-state index in [1.165, 1.54) is 0 Å². The van der Waals surface area contributed by atoms with E-state index in [9.17, 15) is 32.2 Å². The Morgan fingerprint density at radius 3 is 2.23 bits per heavy atom. The first-order valence-corrected chi connectivity index (χ1v) is 16.4. The molecule has 9 heteroatoms. The van der Waals surface area contributed by atoms with Crippen LogP contribution in [0, 0.1) is 23.2 Å². The maximum Gasteiger partial charge on any atom is 0.453 e. The summed E-state index contributed by atoms with van der Waals surface area (Å²) in [6.45, 7) is 5.78. The standard InChI is InChI=1S/C34H51F6NO2/c1-31-22-28(35)30-26-14-13-25(42)21-24(26)20-23(29(30)27(31)15-17-32(31,2)43)12-8-7-11-19-41(3)18-10-6-4-5-9-16-33(36,37)34(38,39)40/h13-14,21,23,27-30,42-43H,4-12,15-20,22H2,1-3H3/t23-,27+,28?,29+,30+,31+,32+/m1/s1. The topological polar surface area (TPSA) is 43.7 Å². The van der Waals surface area contributed by atoms with E-state index in [1.54, 1.807) is 6.07 Å². The molecule has 0 aliphatic heterocycles. The molecule has 0 bridgehead atoms. The SMILES string of the molecule is CN(CCCCCCCC(F)(F)C(F)(F)F)CCCCC[C@@H]1Cc2cc(O)ccc2[C@H]2C(F)C[C@@]3(C)[C@@H](CC[C@]3(C)O)[C@H]12. The van der Waals surface area contributed by atoms with E-state index in [0.29, 0.717) is 31.6 Å². The quantitative estimate of drug-likeness (QED) is 0.161. The average molecular weight is 620 g/mol. The molecular weight excluding hydrogens is 568 g/mol. The van der Waals surface area contributed by atoms with Crippen molar-refractivity contribution in [3.05, 3.63) is 29.3 Å². The summed E-state index contributed by atoms with van der Waals surface area (Å²) in [4.78, 5) is 2.24. The van der Waals surface area contributed by atoms with Crippen LogP contribution in [0.5, 0.6) is 5.75 Å². The van der Waals surface area contributed by atoms with E-state index in [1.807, 2.05) is 19.1 Å². The van der Waals surface area contributed by atoms with Crippen molar-refractivity contribution in [2.75, 3.05) is 20.1 Å². The Kier molecular flexibility index (Phi) is 10.8. The van der Waals surface area contributed by atoms with Crippen LogP contribution in [0.15, 0.2) is 18.2 Å². The molecular formula is C34H51F6NO2. The molecule has 2 fully saturated rings. The number of aromatic hydroxyl groups is 1. The summed E-state index contributed by atoms with van der Waals surface area (Å²) in [6, 6.07) is 5.41. The van der Waals surface area contributed by atoms with Gasteiger partial charge in [-0.25, -0.2) is 4.39 Å². The van der Waals surface area contributed by atoms with Gasteiger partial charge >= 0.3 is 12.1 Å². The molecule has 43 heavy (non-hydrogen) atoms. The molecule has 0 heterocycles. The number of fused-ring (bicyclic) bond motifs is 5. The first-order valence-electron chi connectivity index (χ1n) is 16.4. The summed E-state index contributed by atoms with van der Waals surface area (Å²) in [5, 5.41) is 21.4. The highest BCUT2D eigenvalue weighted by Gasteiger charge is 2.63. The number of benzene rings is 1. The lowest BCUT2D eigenvalue weighted by atomic mass is 9.50. The van der Waals surface area contributed by atoms with Gasteiger partial charge in [0.25, 0.3) is 0 Å². The molecule has 3 nitrogen and oxygen atoms in total. The summed E-state index contributed by atoms with van der Waals surface area (Å²) in [5.41, 5.74) is 0.813. The summed E-state index contributed by atoms with van der Waals surface area (Å²) in [7, 11) is 2.05. The number of rotatable bonds is 14. The largest absolute Gasteiger partial charge is 0.508 e. The predicted octanol–water partition coefficient (Wildman–Crippen LogP) is 9.20. The van der Waals surface area contributed by atoms with Gasteiger partial charge in [0.05, 0.1) is 5.60 Å². The second kappa shape index (κ2) is 13.5. The van der Waals surface area contributed by atoms with Gasteiger partial charge in [-0.2, -0.15) is 22.0 Å². The zero-order valence-electron chi connectivity index (χ0n) is 26.0. The summed E-state index contributed by atoms with van der Waals surface area (Å²) < 4.78 is 78.8. The van der Waals surface area contributed by atoms with Gasteiger partial charge in [-0.1, -0.05) is 45.1 Å². The third-order valence-corrected chi connectivity index (χ3v) is 11.5. The Morgan fingerprint density at radius 1 is 0.930 bits per heavy atom. The van der Waals surface area contributed by atoms with E-state index in [0.717, 1.165) is 75.6 Å². The van der Waals surface area contributed by atoms with Crippen LogP contribution < -0.4 is 0 Å². The fourth-order valence-electron chi connectivity index (χ4n) is 8.76. The van der Waals surface area contributed by atoms with Gasteiger partial charge in [-0.15, -0.1) is 0 Å². The molecule has 0 aromatic heterocycles. The maximum absolute atomic E-state index is 16.1. The van der Waals surface area contributed by atoms with Crippen molar-refractivity contribution < 1.29 is 36.6 Å². The Morgan fingerprint density at radius 2 is 1.56 bits per heavy atom. The molecule has 246 valence electrons. The molecule has 7 atom stereocenters. The van der Waals surface area contributed by atoms with Crippen molar-refractivity contribution in [2.24, 2.45) is 23.2 Å². The zero-order chi connectivity index (χ0) is 31.6. The van der Waals surface area contributed by atoms with Crippen molar-refractivity contribution in [3.8, 4) is 5.75 Å². The lowest BCUT2D eigenvalue weighted by Gasteiger charge is -2.56. The van der Waals surface area contributed by atoms with Crippen LogP contribution in [0.2, 0.25) is 0 Å². The molecule has 2 saturated carbocycles. The van der Waals surface area contributed by atoms with Gasteiger partial charge < -0.3 is 15.1 Å². The van der Waals surface area contributed by atoms with Crippen LogP contribution in [0.1, 0.15) is 114 Å². The highest BCUT2D eigenvalue weighted by Crippen LogP contribution is 2.66. The lowest BCUT2D eigenvalue weighted by molar-refractivity contribution is -0.284. The minimum absolute atomic E-state index is 0.122. The molecule has 1 aromatic rings. The predicted molar refractivity (Wildman–Crippen MR) is 157 cm³/mol. The van der Waals surface area contributed by atoms with E-state index >= 15 is 4.39 Å². The van der Waals surface area contributed by atoms with Gasteiger partial charge in [-0.3, -0.25) is 0 Å². The second-order valence-electron chi connectivity index (χ2n) is 14.4. The first kappa shape index (κ1) is 34.4. The number of phenolic OH excluding ortho intramolecular Hbond substituents is 1. The zero-order valence-corrected chi connectivity index (χ0v) is 26.0. The van der Waals surface area contributed by atoms with E-state index < -0.39 is 35.7 Å². The normalized spacial score (nSPS) is 32.5. The molecule has 0 saturated heterocycles.